The van der Waals surface area contributed by atoms with E-state index < -0.39 is 5.60 Å². The highest BCUT2D eigenvalue weighted by atomic mass is 16.3. The third kappa shape index (κ3) is 3.53. The van der Waals surface area contributed by atoms with Gasteiger partial charge in [-0.15, -0.1) is 0 Å². The maximum Gasteiger partial charge on any atom is 0.0821 e. The molecule has 1 aromatic rings. The van der Waals surface area contributed by atoms with Gasteiger partial charge >= 0.3 is 0 Å². The Morgan fingerprint density at radius 2 is 1.85 bits per heavy atom. The lowest BCUT2D eigenvalue weighted by atomic mass is 10.0. The topological polar surface area (TPSA) is 35.5 Å². The van der Waals surface area contributed by atoms with Gasteiger partial charge in [0, 0.05) is 31.9 Å². The van der Waals surface area contributed by atoms with Crippen molar-refractivity contribution < 1.29 is 5.11 Å². The van der Waals surface area contributed by atoms with E-state index in [-0.39, 0.29) is 0 Å². The van der Waals surface area contributed by atoms with Crippen LogP contribution in [0, 0.1) is 0 Å². The molecule has 2 aliphatic carbocycles. The molecule has 0 atom stereocenters. The summed E-state index contributed by atoms with van der Waals surface area (Å²) in [5.74, 6) is 0. The van der Waals surface area contributed by atoms with Crippen LogP contribution in [0.4, 0.5) is 5.69 Å². The van der Waals surface area contributed by atoms with Crippen LogP contribution >= 0.6 is 0 Å². The van der Waals surface area contributed by atoms with Gasteiger partial charge in [-0.25, -0.2) is 0 Å². The maximum absolute atomic E-state index is 10.5. The highest BCUT2D eigenvalue weighted by Gasteiger charge is 2.32. The van der Waals surface area contributed by atoms with E-state index in [1.165, 1.54) is 24.1 Å². The molecule has 3 heteroatoms. The molecular formula is C17H26N2O. The quantitative estimate of drug-likeness (QED) is 0.837. The molecule has 0 saturated heterocycles. The van der Waals surface area contributed by atoms with Crippen LogP contribution in [0.5, 0.6) is 0 Å². The summed E-state index contributed by atoms with van der Waals surface area (Å²) in [6.07, 6.45) is 6.88. The van der Waals surface area contributed by atoms with Crippen LogP contribution in [0.2, 0.25) is 0 Å². The highest BCUT2D eigenvalue weighted by molar-refractivity contribution is 5.47. The van der Waals surface area contributed by atoms with Gasteiger partial charge in [0.25, 0.3) is 0 Å². The minimum absolute atomic E-state index is 0.471. The summed E-state index contributed by atoms with van der Waals surface area (Å²) in [5.41, 5.74) is 2.06. The first-order valence-electron chi connectivity index (χ1n) is 7.90. The van der Waals surface area contributed by atoms with E-state index in [9.17, 15) is 5.11 Å². The molecular weight excluding hydrogens is 248 g/mol. The molecule has 0 radical (unpaired) electrons. The second-order valence-electron chi connectivity index (χ2n) is 6.61. The molecule has 1 aromatic carbocycles. The molecule has 20 heavy (non-hydrogen) atoms. The van der Waals surface area contributed by atoms with E-state index in [1.54, 1.807) is 0 Å². The van der Waals surface area contributed by atoms with Gasteiger partial charge in [0.1, 0.15) is 0 Å². The zero-order chi connectivity index (χ0) is 14.0. The number of anilines is 1. The SMILES string of the molecule is CN(CC1(O)CCCC1)c1ccc(CNC2CC2)cc1. The van der Waals surface area contributed by atoms with Crippen LogP contribution in [0.15, 0.2) is 24.3 Å². The first-order valence-corrected chi connectivity index (χ1v) is 7.90. The fourth-order valence-electron chi connectivity index (χ4n) is 3.14. The van der Waals surface area contributed by atoms with Crippen LogP contribution in [0.25, 0.3) is 0 Å². The van der Waals surface area contributed by atoms with Crippen molar-refractivity contribution in [2.24, 2.45) is 0 Å². The zero-order valence-electron chi connectivity index (χ0n) is 12.4. The average molecular weight is 274 g/mol. The van der Waals surface area contributed by atoms with E-state index in [0.717, 1.165) is 44.8 Å². The maximum atomic E-state index is 10.5. The summed E-state index contributed by atoms with van der Waals surface area (Å²) >= 11 is 0. The van der Waals surface area contributed by atoms with Crippen LogP contribution in [-0.2, 0) is 6.54 Å². The number of hydrogen-bond acceptors (Lipinski definition) is 3. The Kier molecular flexibility index (Phi) is 3.99. The molecule has 2 N–H and O–H groups in total. The first kappa shape index (κ1) is 13.9. The molecule has 0 bridgehead atoms. The van der Waals surface area contributed by atoms with Crippen molar-refractivity contribution in [1.82, 2.24) is 5.32 Å². The Bertz CT molecular complexity index is 433. The van der Waals surface area contributed by atoms with Gasteiger partial charge in [0.05, 0.1) is 5.60 Å². The van der Waals surface area contributed by atoms with Gasteiger partial charge in [-0.1, -0.05) is 25.0 Å². The number of likely N-dealkylation sites (N-methyl/N-ethyl adjacent to an activating group) is 1. The molecule has 3 nitrogen and oxygen atoms in total. The summed E-state index contributed by atoms with van der Waals surface area (Å²) in [4.78, 5) is 2.18. The Morgan fingerprint density at radius 3 is 2.45 bits per heavy atom. The molecule has 3 rings (SSSR count). The number of nitrogens with one attached hydrogen (secondary N) is 1. The van der Waals surface area contributed by atoms with E-state index in [2.05, 4.69) is 41.5 Å². The van der Waals surface area contributed by atoms with Crippen molar-refractivity contribution in [2.75, 3.05) is 18.5 Å². The summed E-state index contributed by atoms with van der Waals surface area (Å²) in [6.45, 7) is 1.71. The standard InChI is InChI=1S/C17H26N2O/c1-19(13-17(20)10-2-3-11-17)16-8-4-14(5-9-16)12-18-15-6-7-15/h4-5,8-9,15,18,20H,2-3,6-7,10-13H2,1H3. The van der Waals surface area contributed by atoms with Gasteiger partial charge in [-0.05, 0) is 43.4 Å². The van der Waals surface area contributed by atoms with Crippen LogP contribution in [-0.4, -0.2) is 30.3 Å². The fourth-order valence-corrected chi connectivity index (χ4v) is 3.14. The van der Waals surface area contributed by atoms with E-state index in [0.29, 0.717) is 0 Å². The molecule has 0 aliphatic heterocycles. The fraction of sp³-hybridized carbons (Fsp3) is 0.647. The second-order valence-corrected chi connectivity index (χ2v) is 6.61. The lowest BCUT2D eigenvalue weighted by Crippen LogP contribution is -2.39. The third-order valence-corrected chi connectivity index (χ3v) is 4.62. The summed E-state index contributed by atoms with van der Waals surface area (Å²) in [5, 5.41) is 14.0. The Balaban J connectivity index is 1.55. The Labute approximate surface area is 122 Å². The average Bonchev–Trinajstić information content (AvgIpc) is 3.18. The normalized spacial score (nSPS) is 21.1. The Hall–Kier alpha value is -1.06. The predicted molar refractivity (Wildman–Crippen MR) is 83.0 cm³/mol. The van der Waals surface area contributed by atoms with Gasteiger partial charge in [-0.2, -0.15) is 0 Å². The highest BCUT2D eigenvalue weighted by Crippen LogP contribution is 2.31. The van der Waals surface area contributed by atoms with Crippen LogP contribution in [0.1, 0.15) is 44.1 Å². The number of nitrogens with zero attached hydrogens (tertiary/aromatic N) is 1. The number of hydrogen-bond donors (Lipinski definition) is 2. The summed E-state index contributed by atoms with van der Waals surface area (Å²) in [7, 11) is 2.08. The van der Waals surface area contributed by atoms with Gasteiger partial charge in [-0.3, -0.25) is 0 Å². The van der Waals surface area contributed by atoms with E-state index in [4.69, 9.17) is 0 Å². The second kappa shape index (κ2) is 5.74. The van der Waals surface area contributed by atoms with E-state index >= 15 is 0 Å². The van der Waals surface area contributed by atoms with Crippen molar-refractivity contribution >= 4 is 5.69 Å². The van der Waals surface area contributed by atoms with Crippen molar-refractivity contribution in [2.45, 2.75) is 56.7 Å². The van der Waals surface area contributed by atoms with Crippen molar-refractivity contribution in [1.29, 1.82) is 0 Å². The third-order valence-electron chi connectivity index (χ3n) is 4.62. The summed E-state index contributed by atoms with van der Waals surface area (Å²) in [6, 6.07) is 9.48. The molecule has 0 spiro atoms. The van der Waals surface area contributed by atoms with Gasteiger partial charge in [0.2, 0.25) is 0 Å². The van der Waals surface area contributed by atoms with E-state index in [1.807, 2.05) is 0 Å². The number of rotatable bonds is 6. The van der Waals surface area contributed by atoms with Crippen molar-refractivity contribution in [3.63, 3.8) is 0 Å². The predicted octanol–water partition coefficient (Wildman–Crippen LogP) is 2.68. The molecule has 0 aromatic heterocycles. The molecule has 2 fully saturated rings. The van der Waals surface area contributed by atoms with Gasteiger partial charge in [0.15, 0.2) is 0 Å². The summed E-state index contributed by atoms with van der Waals surface area (Å²) < 4.78 is 0. The Morgan fingerprint density at radius 1 is 1.20 bits per heavy atom. The number of aliphatic hydroxyl groups is 1. The van der Waals surface area contributed by atoms with Crippen molar-refractivity contribution in [3.05, 3.63) is 29.8 Å². The minimum atomic E-state index is -0.471. The van der Waals surface area contributed by atoms with Crippen LogP contribution in [0.3, 0.4) is 0 Å². The lowest BCUT2D eigenvalue weighted by Gasteiger charge is -2.30. The van der Waals surface area contributed by atoms with Gasteiger partial charge < -0.3 is 15.3 Å². The molecule has 110 valence electrons. The number of benzene rings is 1. The molecule has 0 amide bonds. The smallest absolute Gasteiger partial charge is 0.0821 e. The zero-order valence-corrected chi connectivity index (χ0v) is 12.4. The molecule has 0 unspecified atom stereocenters. The lowest BCUT2D eigenvalue weighted by molar-refractivity contribution is 0.0559. The minimum Gasteiger partial charge on any atom is -0.388 e. The largest absolute Gasteiger partial charge is 0.388 e. The van der Waals surface area contributed by atoms with Crippen LogP contribution < -0.4 is 10.2 Å². The monoisotopic (exact) mass is 274 g/mol. The molecule has 2 saturated carbocycles. The molecule has 2 aliphatic rings. The first-order chi connectivity index (χ1) is 9.65. The van der Waals surface area contributed by atoms with Crippen molar-refractivity contribution in [3.8, 4) is 0 Å². The molecule has 0 heterocycles.